The van der Waals surface area contributed by atoms with Gasteiger partial charge in [-0.05, 0) is 55.0 Å². The van der Waals surface area contributed by atoms with Crippen molar-refractivity contribution in [2.45, 2.75) is 46.1 Å². The molecule has 0 spiro atoms. The van der Waals surface area contributed by atoms with Crippen molar-refractivity contribution in [3.63, 3.8) is 0 Å². The first-order chi connectivity index (χ1) is 10.2. The van der Waals surface area contributed by atoms with Crippen molar-refractivity contribution in [1.82, 2.24) is 5.32 Å². The molecule has 21 heavy (non-hydrogen) atoms. The summed E-state index contributed by atoms with van der Waals surface area (Å²) >= 11 is 0. The summed E-state index contributed by atoms with van der Waals surface area (Å²) in [5, 5.41) is 3.54. The van der Waals surface area contributed by atoms with Gasteiger partial charge in [-0.2, -0.15) is 0 Å². The minimum Gasteiger partial charge on any atom is -0.314 e. The fourth-order valence-electron chi connectivity index (χ4n) is 2.62. The minimum atomic E-state index is 0.541. The van der Waals surface area contributed by atoms with Gasteiger partial charge in [0, 0.05) is 6.04 Å². The Bertz CT molecular complexity index is 542. The van der Waals surface area contributed by atoms with Crippen LogP contribution in [0, 0.1) is 0 Å². The SMILES string of the molecule is CCCNC(C)Cc1ccc(-c2cccc(CC)c2)cc1. The highest BCUT2D eigenvalue weighted by Gasteiger charge is 2.03. The Morgan fingerprint density at radius 2 is 1.67 bits per heavy atom. The third kappa shape index (κ3) is 4.71. The first kappa shape index (κ1) is 15.8. The maximum absolute atomic E-state index is 3.54. The first-order valence-corrected chi connectivity index (χ1v) is 8.14. The van der Waals surface area contributed by atoms with E-state index in [1.165, 1.54) is 28.7 Å². The highest BCUT2D eigenvalue weighted by molar-refractivity contribution is 5.64. The van der Waals surface area contributed by atoms with Crippen LogP contribution in [0.1, 0.15) is 38.3 Å². The van der Waals surface area contributed by atoms with Crippen molar-refractivity contribution in [3.05, 3.63) is 59.7 Å². The van der Waals surface area contributed by atoms with Gasteiger partial charge in [-0.25, -0.2) is 0 Å². The molecule has 1 unspecified atom stereocenters. The summed E-state index contributed by atoms with van der Waals surface area (Å²) in [7, 11) is 0. The average molecular weight is 281 g/mol. The Hall–Kier alpha value is -1.60. The molecule has 1 atom stereocenters. The number of hydrogen-bond acceptors (Lipinski definition) is 1. The van der Waals surface area contributed by atoms with Crippen molar-refractivity contribution < 1.29 is 0 Å². The van der Waals surface area contributed by atoms with Crippen LogP contribution in [-0.2, 0) is 12.8 Å². The van der Waals surface area contributed by atoms with Crippen LogP contribution in [0.15, 0.2) is 48.5 Å². The van der Waals surface area contributed by atoms with Crippen LogP contribution in [0.3, 0.4) is 0 Å². The molecule has 0 amide bonds. The van der Waals surface area contributed by atoms with E-state index in [-0.39, 0.29) is 0 Å². The van der Waals surface area contributed by atoms with E-state index in [0.717, 1.165) is 19.4 Å². The van der Waals surface area contributed by atoms with Gasteiger partial charge in [-0.1, -0.05) is 62.4 Å². The molecular weight excluding hydrogens is 254 g/mol. The monoisotopic (exact) mass is 281 g/mol. The molecule has 2 aromatic carbocycles. The summed E-state index contributed by atoms with van der Waals surface area (Å²) < 4.78 is 0. The van der Waals surface area contributed by atoms with Gasteiger partial charge in [-0.15, -0.1) is 0 Å². The van der Waals surface area contributed by atoms with E-state index in [4.69, 9.17) is 0 Å². The van der Waals surface area contributed by atoms with Crippen LogP contribution in [-0.4, -0.2) is 12.6 Å². The van der Waals surface area contributed by atoms with E-state index in [1.54, 1.807) is 0 Å². The lowest BCUT2D eigenvalue weighted by molar-refractivity contribution is 0.543. The molecular formula is C20H27N. The lowest BCUT2D eigenvalue weighted by Gasteiger charge is -2.13. The summed E-state index contributed by atoms with van der Waals surface area (Å²) in [6.07, 6.45) is 3.37. The van der Waals surface area contributed by atoms with Gasteiger partial charge in [0.15, 0.2) is 0 Å². The van der Waals surface area contributed by atoms with Crippen molar-refractivity contribution >= 4 is 0 Å². The van der Waals surface area contributed by atoms with Crippen LogP contribution in [0.4, 0.5) is 0 Å². The topological polar surface area (TPSA) is 12.0 Å². The van der Waals surface area contributed by atoms with E-state index >= 15 is 0 Å². The molecule has 1 heteroatoms. The van der Waals surface area contributed by atoms with Crippen LogP contribution in [0.2, 0.25) is 0 Å². The van der Waals surface area contributed by atoms with Crippen LogP contribution >= 0.6 is 0 Å². The van der Waals surface area contributed by atoms with Crippen molar-refractivity contribution in [2.75, 3.05) is 6.54 Å². The third-order valence-electron chi connectivity index (χ3n) is 3.91. The molecule has 0 heterocycles. The summed E-state index contributed by atoms with van der Waals surface area (Å²) in [6.45, 7) is 7.77. The van der Waals surface area contributed by atoms with E-state index in [1.807, 2.05) is 0 Å². The Labute approximate surface area is 129 Å². The smallest absolute Gasteiger partial charge is 0.00791 e. The molecule has 0 aromatic heterocycles. The van der Waals surface area contributed by atoms with Gasteiger partial charge in [0.05, 0.1) is 0 Å². The lowest BCUT2D eigenvalue weighted by Crippen LogP contribution is -2.28. The number of hydrogen-bond donors (Lipinski definition) is 1. The molecule has 0 saturated carbocycles. The molecule has 0 fully saturated rings. The summed E-state index contributed by atoms with van der Waals surface area (Å²) in [5.74, 6) is 0. The highest BCUT2D eigenvalue weighted by atomic mass is 14.9. The van der Waals surface area contributed by atoms with Crippen LogP contribution in [0.5, 0.6) is 0 Å². The fourth-order valence-corrected chi connectivity index (χ4v) is 2.62. The predicted molar refractivity (Wildman–Crippen MR) is 92.7 cm³/mol. The molecule has 0 radical (unpaired) electrons. The second-order valence-corrected chi connectivity index (χ2v) is 5.81. The highest BCUT2D eigenvalue weighted by Crippen LogP contribution is 2.21. The zero-order chi connectivity index (χ0) is 15.1. The maximum atomic E-state index is 3.54. The Balaban J connectivity index is 2.04. The zero-order valence-electron chi connectivity index (χ0n) is 13.5. The second kappa shape index (κ2) is 7.99. The molecule has 0 aliphatic heterocycles. The number of benzene rings is 2. The van der Waals surface area contributed by atoms with Crippen molar-refractivity contribution in [3.8, 4) is 11.1 Å². The molecule has 2 aromatic rings. The molecule has 112 valence electrons. The quantitative estimate of drug-likeness (QED) is 0.765. The van der Waals surface area contributed by atoms with Gasteiger partial charge in [0.2, 0.25) is 0 Å². The maximum Gasteiger partial charge on any atom is 0.00791 e. The van der Waals surface area contributed by atoms with Gasteiger partial charge in [0.1, 0.15) is 0 Å². The molecule has 0 aliphatic carbocycles. The van der Waals surface area contributed by atoms with E-state index in [9.17, 15) is 0 Å². The fraction of sp³-hybridized carbons (Fsp3) is 0.400. The Kier molecular flexibility index (Phi) is 6.01. The molecule has 0 bridgehead atoms. The second-order valence-electron chi connectivity index (χ2n) is 5.81. The van der Waals surface area contributed by atoms with Crippen LogP contribution < -0.4 is 5.32 Å². The van der Waals surface area contributed by atoms with E-state index in [2.05, 4.69) is 74.6 Å². The summed E-state index contributed by atoms with van der Waals surface area (Å²) in [6, 6.07) is 18.4. The van der Waals surface area contributed by atoms with Crippen LogP contribution in [0.25, 0.3) is 11.1 Å². The molecule has 1 N–H and O–H groups in total. The largest absolute Gasteiger partial charge is 0.314 e. The zero-order valence-corrected chi connectivity index (χ0v) is 13.5. The van der Waals surface area contributed by atoms with Gasteiger partial charge in [0.25, 0.3) is 0 Å². The summed E-state index contributed by atoms with van der Waals surface area (Å²) in [4.78, 5) is 0. The number of aryl methyl sites for hydroxylation is 1. The predicted octanol–water partition coefficient (Wildman–Crippen LogP) is 4.85. The minimum absolute atomic E-state index is 0.541. The number of nitrogens with one attached hydrogen (secondary N) is 1. The Morgan fingerprint density at radius 1 is 0.905 bits per heavy atom. The first-order valence-electron chi connectivity index (χ1n) is 8.14. The molecule has 0 saturated heterocycles. The Morgan fingerprint density at radius 3 is 2.33 bits per heavy atom. The van der Waals surface area contributed by atoms with Gasteiger partial charge in [-0.3, -0.25) is 0 Å². The molecule has 0 aliphatic rings. The number of rotatable bonds is 7. The third-order valence-corrected chi connectivity index (χ3v) is 3.91. The van der Waals surface area contributed by atoms with Crippen molar-refractivity contribution in [1.29, 1.82) is 0 Å². The van der Waals surface area contributed by atoms with Crippen molar-refractivity contribution in [2.24, 2.45) is 0 Å². The summed E-state index contributed by atoms with van der Waals surface area (Å²) in [5.41, 5.74) is 5.43. The average Bonchev–Trinajstić information content (AvgIpc) is 2.53. The van der Waals surface area contributed by atoms with E-state index in [0.29, 0.717) is 6.04 Å². The standard InChI is InChI=1S/C20H27N/c1-4-13-21-16(3)14-18-9-11-19(12-10-18)20-8-6-7-17(5-2)15-20/h6-12,15-16,21H,4-5,13-14H2,1-3H3. The molecule has 1 nitrogen and oxygen atoms in total. The van der Waals surface area contributed by atoms with E-state index < -0.39 is 0 Å². The lowest BCUT2D eigenvalue weighted by atomic mass is 9.99. The van der Waals surface area contributed by atoms with Gasteiger partial charge >= 0.3 is 0 Å². The van der Waals surface area contributed by atoms with Gasteiger partial charge < -0.3 is 5.32 Å². The normalized spacial score (nSPS) is 12.3. The molecule has 2 rings (SSSR count).